The van der Waals surface area contributed by atoms with E-state index >= 15 is 0 Å². The molecule has 17 heavy (non-hydrogen) atoms. The Labute approximate surface area is 107 Å². The van der Waals surface area contributed by atoms with Gasteiger partial charge in [-0.15, -0.1) is 0 Å². The summed E-state index contributed by atoms with van der Waals surface area (Å²) in [5.41, 5.74) is 1.09. The summed E-state index contributed by atoms with van der Waals surface area (Å²) in [6.45, 7) is 2.36. The van der Waals surface area contributed by atoms with Gasteiger partial charge in [-0.25, -0.2) is 4.98 Å². The van der Waals surface area contributed by atoms with Crippen LogP contribution in [0.4, 0.5) is 5.82 Å². The molecule has 1 unspecified atom stereocenters. The van der Waals surface area contributed by atoms with Crippen LogP contribution in [0.15, 0.2) is 12.3 Å². The fourth-order valence-electron chi connectivity index (χ4n) is 2.03. The van der Waals surface area contributed by atoms with Crippen molar-refractivity contribution in [1.82, 2.24) is 10.3 Å². The van der Waals surface area contributed by atoms with Crippen LogP contribution in [0.1, 0.15) is 12.0 Å². The number of aromatic nitrogens is 1. The summed E-state index contributed by atoms with van der Waals surface area (Å²) >= 11 is 6.27. The average Bonchev–Trinajstić information content (AvgIpc) is 2.82. The summed E-state index contributed by atoms with van der Waals surface area (Å²) < 4.78 is 5.38. The van der Waals surface area contributed by atoms with E-state index in [4.69, 9.17) is 16.3 Å². The third kappa shape index (κ3) is 2.89. The fourth-order valence-corrected chi connectivity index (χ4v) is 2.35. The molecule has 0 saturated carbocycles. The molecule has 1 fully saturated rings. The molecular weight excluding hydrogens is 238 g/mol. The Balaban J connectivity index is 2.14. The molecule has 2 heterocycles. The zero-order valence-electron chi connectivity index (χ0n) is 10.2. The van der Waals surface area contributed by atoms with Gasteiger partial charge in [0.2, 0.25) is 0 Å². The Morgan fingerprint density at radius 2 is 2.47 bits per heavy atom. The summed E-state index contributed by atoms with van der Waals surface area (Å²) in [5, 5.41) is 3.78. The van der Waals surface area contributed by atoms with Crippen LogP contribution in [-0.2, 0) is 11.3 Å². The van der Waals surface area contributed by atoms with Gasteiger partial charge in [-0.2, -0.15) is 0 Å². The molecule has 2 rings (SSSR count). The second-order valence-corrected chi connectivity index (χ2v) is 4.71. The number of nitrogens with one attached hydrogen (secondary N) is 1. The number of ether oxygens (including phenoxy) is 1. The van der Waals surface area contributed by atoms with Crippen LogP contribution in [-0.4, -0.2) is 38.3 Å². The third-order valence-electron chi connectivity index (χ3n) is 3.05. The average molecular weight is 256 g/mol. The Bertz CT molecular complexity index is 380. The maximum atomic E-state index is 6.27. The molecule has 1 aliphatic rings. The fraction of sp³-hybridized carbons (Fsp3) is 0.583. The lowest BCUT2D eigenvalue weighted by molar-refractivity contribution is 0.193. The van der Waals surface area contributed by atoms with Crippen LogP contribution in [0.25, 0.3) is 0 Å². The van der Waals surface area contributed by atoms with Crippen LogP contribution >= 0.6 is 11.6 Å². The molecule has 0 aliphatic carbocycles. The maximum Gasteiger partial charge on any atom is 0.147 e. The van der Waals surface area contributed by atoms with E-state index in [1.165, 1.54) is 0 Å². The summed E-state index contributed by atoms with van der Waals surface area (Å²) in [5.74, 6) is 0.835. The van der Waals surface area contributed by atoms with E-state index in [0.717, 1.165) is 37.6 Å². The van der Waals surface area contributed by atoms with Crippen molar-refractivity contribution in [3.8, 4) is 0 Å². The number of likely N-dealkylation sites (N-methyl/N-ethyl adjacent to an activating group) is 1. The van der Waals surface area contributed by atoms with E-state index in [9.17, 15) is 0 Å². The van der Waals surface area contributed by atoms with Crippen molar-refractivity contribution in [2.75, 3.05) is 32.2 Å². The van der Waals surface area contributed by atoms with E-state index in [1.54, 1.807) is 0 Å². The normalized spacial score (nSPS) is 19.6. The minimum atomic E-state index is 0.384. The van der Waals surface area contributed by atoms with Crippen molar-refractivity contribution in [3.63, 3.8) is 0 Å². The summed E-state index contributed by atoms with van der Waals surface area (Å²) in [6.07, 6.45) is 2.90. The van der Waals surface area contributed by atoms with Crippen LogP contribution in [0.2, 0.25) is 5.02 Å². The molecule has 0 spiro atoms. The van der Waals surface area contributed by atoms with Crippen molar-refractivity contribution in [3.05, 3.63) is 22.8 Å². The predicted molar refractivity (Wildman–Crippen MR) is 69.6 cm³/mol. The van der Waals surface area contributed by atoms with Gasteiger partial charge in [-0.05, 0) is 25.1 Å². The van der Waals surface area contributed by atoms with Crippen LogP contribution < -0.4 is 10.2 Å². The number of halogens is 1. The van der Waals surface area contributed by atoms with E-state index in [0.29, 0.717) is 11.1 Å². The molecule has 1 aromatic heterocycles. The molecule has 1 atom stereocenters. The minimum Gasteiger partial charge on any atom is -0.379 e. The standard InChI is InChI=1S/C12H18ClN3O/c1-14-6-9-5-11(13)12(15-7-9)16(2)10-3-4-17-8-10/h5,7,10,14H,3-4,6,8H2,1-2H3. The van der Waals surface area contributed by atoms with Crippen molar-refractivity contribution in [2.24, 2.45) is 0 Å². The van der Waals surface area contributed by atoms with Gasteiger partial charge < -0.3 is 15.0 Å². The zero-order chi connectivity index (χ0) is 12.3. The quantitative estimate of drug-likeness (QED) is 0.888. The Morgan fingerprint density at radius 3 is 3.06 bits per heavy atom. The lowest BCUT2D eigenvalue weighted by atomic mass is 10.2. The van der Waals surface area contributed by atoms with Crippen LogP contribution in [0.3, 0.4) is 0 Å². The molecule has 1 aliphatic heterocycles. The Kier molecular flexibility index (Phi) is 4.20. The first-order valence-electron chi connectivity index (χ1n) is 5.82. The zero-order valence-corrected chi connectivity index (χ0v) is 11.0. The highest BCUT2D eigenvalue weighted by Gasteiger charge is 2.22. The van der Waals surface area contributed by atoms with Gasteiger partial charge in [-0.3, -0.25) is 0 Å². The highest BCUT2D eigenvalue weighted by molar-refractivity contribution is 6.33. The number of rotatable bonds is 4. The number of anilines is 1. The third-order valence-corrected chi connectivity index (χ3v) is 3.32. The monoisotopic (exact) mass is 255 g/mol. The van der Waals surface area contributed by atoms with Gasteiger partial charge in [0.25, 0.3) is 0 Å². The van der Waals surface area contributed by atoms with Crippen molar-refractivity contribution >= 4 is 17.4 Å². The van der Waals surface area contributed by atoms with Crippen molar-refractivity contribution < 1.29 is 4.74 Å². The summed E-state index contributed by atoms with van der Waals surface area (Å²) in [7, 11) is 3.93. The van der Waals surface area contributed by atoms with Gasteiger partial charge in [0.15, 0.2) is 0 Å². The van der Waals surface area contributed by atoms with Crippen LogP contribution in [0, 0.1) is 0 Å². The van der Waals surface area contributed by atoms with Crippen molar-refractivity contribution in [2.45, 2.75) is 19.0 Å². The second-order valence-electron chi connectivity index (χ2n) is 4.31. The highest BCUT2D eigenvalue weighted by atomic mass is 35.5. The summed E-state index contributed by atoms with van der Waals surface area (Å²) in [6, 6.07) is 2.35. The number of pyridine rings is 1. The first-order valence-corrected chi connectivity index (χ1v) is 6.19. The molecule has 1 aromatic rings. The van der Waals surface area contributed by atoms with E-state index in [2.05, 4.69) is 15.2 Å². The van der Waals surface area contributed by atoms with Gasteiger partial charge in [-0.1, -0.05) is 11.6 Å². The topological polar surface area (TPSA) is 37.4 Å². The molecule has 94 valence electrons. The maximum absolute atomic E-state index is 6.27. The predicted octanol–water partition coefficient (Wildman–Crippen LogP) is 1.68. The molecule has 0 amide bonds. The van der Waals surface area contributed by atoms with Gasteiger partial charge in [0.05, 0.1) is 17.7 Å². The second kappa shape index (κ2) is 5.67. The summed E-state index contributed by atoms with van der Waals surface area (Å²) in [4.78, 5) is 6.55. The molecule has 1 saturated heterocycles. The molecule has 4 nitrogen and oxygen atoms in total. The largest absolute Gasteiger partial charge is 0.379 e. The van der Waals surface area contributed by atoms with Gasteiger partial charge in [0, 0.05) is 26.4 Å². The van der Waals surface area contributed by atoms with Gasteiger partial charge >= 0.3 is 0 Å². The number of nitrogens with zero attached hydrogens (tertiary/aromatic N) is 2. The lowest BCUT2D eigenvalue weighted by Crippen LogP contribution is -2.32. The minimum absolute atomic E-state index is 0.384. The first kappa shape index (κ1) is 12.6. The molecule has 1 N–H and O–H groups in total. The first-order chi connectivity index (χ1) is 8.22. The lowest BCUT2D eigenvalue weighted by Gasteiger charge is -2.25. The molecular formula is C12H18ClN3O. The van der Waals surface area contributed by atoms with E-state index in [1.807, 2.05) is 26.4 Å². The molecule has 0 radical (unpaired) electrons. The molecule has 0 aromatic carbocycles. The van der Waals surface area contributed by atoms with Crippen molar-refractivity contribution in [1.29, 1.82) is 0 Å². The van der Waals surface area contributed by atoms with Gasteiger partial charge in [0.1, 0.15) is 5.82 Å². The number of hydrogen-bond acceptors (Lipinski definition) is 4. The molecule has 0 bridgehead atoms. The Morgan fingerprint density at radius 1 is 1.65 bits per heavy atom. The van der Waals surface area contributed by atoms with E-state index in [-0.39, 0.29) is 0 Å². The van der Waals surface area contributed by atoms with E-state index < -0.39 is 0 Å². The highest BCUT2D eigenvalue weighted by Crippen LogP contribution is 2.26. The van der Waals surface area contributed by atoms with Crippen LogP contribution in [0.5, 0.6) is 0 Å². The Hall–Kier alpha value is -0.840. The molecule has 5 heteroatoms. The number of hydrogen-bond donors (Lipinski definition) is 1. The SMILES string of the molecule is CNCc1cnc(N(C)C2CCOC2)c(Cl)c1. The smallest absolute Gasteiger partial charge is 0.147 e.